The second kappa shape index (κ2) is 6.20. The lowest BCUT2D eigenvalue weighted by molar-refractivity contribution is -0.903. The molecule has 1 aliphatic rings. The van der Waals surface area contributed by atoms with Crippen LogP contribution in [0.3, 0.4) is 0 Å². The molecule has 19 heavy (non-hydrogen) atoms. The average molecular weight is 321 g/mol. The maximum Gasteiger partial charge on any atom is 0.253 e. The molecule has 0 saturated carbocycles. The minimum atomic E-state index is -3.40. The number of piperazine rings is 1. The summed E-state index contributed by atoms with van der Waals surface area (Å²) in [7, 11) is -3.40. The maximum atomic E-state index is 12.3. The summed E-state index contributed by atoms with van der Waals surface area (Å²) in [6.45, 7) is 3.28. The molecule has 0 aliphatic carbocycles. The number of rotatable bonds is 4. The van der Waals surface area contributed by atoms with E-state index in [-0.39, 0.29) is 0 Å². The highest BCUT2D eigenvalue weighted by Crippen LogP contribution is 2.27. The van der Waals surface area contributed by atoms with E-state index in [1.54, 1.807) is 12.1 Å². The SMILES string of the molecule is N#CCC[NH+]1CCN(S(=O)(=O)c2ccc(Cl)s2)CC1. The minimum Gasteiger partial charge on any atom is -0.332 e. The number of nitrogens with zero attached hydrogens (tertiary/aromatic N) is 2. The molecule has 2 heterocycles. The van der Waals surface area contributed by atoms with Crippen molar-refractivity contribution in [3.05, 3.63) is 16.5 Å². The molecule has 1 aromatic rings. The quantitative estimate of drug-likeness (QED) is 0.862. The summed E-state index contributed by atoms with van der Waals surface area (Å²) in [4.78, 5) is 1.29. The van der Waals surface area contributed by atoms with Gasteiger partial charge in [-0.05, 0) is 12.1 Å². The average Bonchev–Trinajstić information content (AvgIpc) is 2.84. The molecule has 0 atom stereocenters. The monoisotopic (exact) mass is 320 g/mol. The van der Waals surface area contributed by atoms with Crippen LogP contribution in [0.4, 0.5) is 0 Å². The molecule has 0 spiro atoms. The molecule has 1 aromatic heterocycles. The van der Waals surface area contributed by atoms with Crippen LogP contribution in [0.2, 0.25) is 4.34 Å². The van der Waals surface area contributed by atoms with Gasteiger partial charge in [-0.2, -0.15) is 9.57 Å². The highest BCUT2D eigenvalue weighted by molar-refractivity contribution is 7.91. The largest absolute Gasteiger partial charge is 0.332 e. The number of nitriles is 1. The van der Waals surface area contributed by atoms with Crippen LogP contribution in [0.25, 0.3) is 0 Å². The van der Waals surface area contributed by atoms with E-state index in [1.165, 1.54) is 9.21 Å². The molecule has 5 nitrogen and oxygen atoms in total. The van der Waals surface area contributed by atoms with Crippen molar-refractivity contribution >= 4 is 33.0 Å². The van der Waals surface area contributed by atoms with Crippen molar-refractivity contribution in [2.75, 3.05) is 32.7 Å². The first-order valence-electron chi connectivity index (χ1n) is 6.00. The maximum absolute atomic E-state index is 12.3. The Balaban J connectivity index is 1.99. The Labute approximate surface area is 122 Å². The molecule has 1 saturated heterocycles. The zero-order valence-corrected chi connectivity index (χ0v) is 12.7. The van der Waals surface area contributed by atoms with Gasteiger partial charge in [0.1, 0.15) is 4.21 Å². The number of hydrogen-bond acceptors (Lipinski definition) is 4. The van der Waals surface area contributed by atoms with Crippen molar-refractivity contribution in [2.24, 2.45) is 0 Å². The Morgan fingerprint density at radius 1 is 1.42 bits per heavy atom. The molecule has 1 aliphatic heterocycles. The Hall–Kier alpha value is -0.650. The number of nitrogens with one attached hydrogen (secondary N) is 1. The van der Waals surface area contributed by atoms with E-state index in [2.05, 4.69) is 6.07 Å². The normalized spacial score (nSPS) is 18.3. The molecule has 0 aromatic carbocycles. The number of halogens is 1. The fraction of sp³-hybridized carbons (Fsp3) is 0.545. The molecule has 0 bridgehead atoms. The topological polar surface area (TPSA) is 65.6 Å². The molecule has 104 valence electrons. The van der Waals surface area contributed by atoms with Crippen LogP contribution < -0.4 is 4.90 Å². The van der Waals surface area contributed by atoms with Gasteiger partial charge >= 0.3 is 0 Å². The molecule has 0 radical (unpaired) electrons. The molecular formula is C11H15ClN3O2S2+. The molecule has 0 amide bonds. The van der Waals surface area contributed by atoms with Gasteiger partial charge in [-0.15, -0.1) is 11.3 Å². The van der Waals surface area contributed by atoms with Gasteiger partial charge in [-0.1, -0.05) is 11.6 Å². The summed E-state index contributed by atoms with van der Waals surface area (Å²) < 4.78 is 27.0. The van der Waals surface area contributed by atoms with E-state index in [9.17, 15) is 8.42 Å². The van der Waals surface area contributed by atoms with Crippen LogP contribution >= 0.6 is 22.9 Å². The predicted octanol–water partition coefficient (Wildman–Crippen LogP) is 0.204. The summed E-state index contributed by atoms with van der Waals surface area (Å²) >= 11 is 6.88. The van der Waals surface area contributed by atoms with Crippen LogP contribution in [0, 0.1) is 11.3 Å². The third kappa shape index (κ3) is 3.46. The molecule has 0 unspecified atom stereocenters. The molecule has 2 rings (SSSR count). The number of hydrogen-bond donors (Lipinski definition) is 1. The highest BCUT2D eigenvalue weighted by Gasteiger charge is 2.31. The number of thiophene rings is 1. The lowest BCUT2D eigenvalue weighted by Gasteiger charge is -2.30. The summed E-state index contributed by atoms with van der Waals surface area (Å²) in [5.74, 6) is 0. The van der Waals surface area contributed by atoms with E-state index in [0.717, 1.165) is 31.0 Å². The van der Waals surface area contributed by atoms with Gasteiger partial charge in [0.25, 0.3) is 10.0 Å². The van der Waals surface area contributed by atoms with Gasteiger partial charge in [0.05, 0.1) is 49.6 Å². The molecular weight excluding hydrogens is 306 g/mol. The lowest BCUT2D eigenvalue weighted by atomic mass is 10.3. The molecule has 1 fully saturated rings. The van der Waals surface area contributed by atoms with Crippen LogP contribution in [-0.4, -0.2) is 45.4 Å². The van der Waals surface area contributed by atoms with Gasteiger partial charge < -0.3 is 4.90 Å². The van der Waals surface area contributed by atoms with Crippen molar-refractivity contribution < 1.29 is 13.3 Å². The third-order valence-electron chi connectivity index (χ3n) is 3.16. The summed E-state index contributed by atoms with van der Waals surface area (Å²) in [5, 5.41) is 8.55. The van der Waals surface area contributed by atoms with E-state index in [0.29, 0.717) is 28.1 Å². The second-order valence-electron chi connectivity index (χ2n) is 4.37. The molecule has 8 heteroatoms. The van der Waals surface area contributed by atoms with Crippen molar-refractivity contribution in [1.29, 1.82) is 5.26 Å². The summed E-state index contributed by atoms with van der Waals surface area (Å²) in [6.07, 6.45) is 0.516. The number of sulfonamides is 1. The van der Waals surface area contributed by atoms with Gasteiger partial charge in [0, 0.05) is 0 Å². The van der Waals surface area contributed by atoms with Crippen molar-refractivity contribution in [3.63, 3.8) is 0 Å². The van der Waals surface area contributed by atoms with Crippen LogP contribution in [-0.2, 0) is 10.0 Å². The first kappa shape index (κ1) is 14.8. The Morgan fingerprint density at radius 3 is 2.63 bits per heavy atom. The minimum absolute atomic E-state index is 0.304. The summed E-state index contributed by atoms with van der Waals surface area (Å²) in [6, 6.07) is 5.28. The van der Waals surface area contributed by atoms with Gasteiger partial charge in [0.15, 0.2) is 0 Å². The number of quaternary nitrogens is 1. The first-order chi connectivity index (χ1) is 9.04. The molecule has 1 N–H and O–H groups in total. The van der Waals surface area contributed by atoms with E-state index in [1.807, 2.05) is 0 Å². The van der Waals surface area contributed by atoms with Gasteiger partial charge in [-0.3, -0.25) is 0 Å². The van der Waals surface area contributed by atoms with Crippen molar-refractivity contribution in [3.8, 4) is 6.07 Å². The van der Waals surface area contributed by atoms with E-state index in [4.69, 9.17) is 16.9 Å². The van der Waals surface area contributed by atoms with Crippen LogP contribution in [0.1, 0.15) is 6.42 Å². The van der Waals surface area contributed by atoms with E-state index >= 15 is 0 Å². The van der Waals surface area contributed by atoms with Gasteiger partial charge in [-0.25, -0.2) is 8.42 Å². The zero-order chi connectivity index (χ0) is 13.9. The zero-order valence-electron chi connectivity index (χ0n) is 10.3. The Bertz CT molecular complexity index is 571. The first-order valence-corrected chi connectivity index (χ1v) is 8.63. The fourth-order valence-electron chi connectivity index (χ4n) is 2.09. The van der Waals surface area contributed by atoms with Crippen molar-refractivity contribution in [1.82, 2.24) is 4.31 Å². The predicted molar refractivity (Wildman–Crippen MR) is 73.9 cm³/mol. The smallest absolute Gasteiger partial charge is 0.253 e. The van der Waals surface area contributed by atoms with Crippen molar-refractivity contribution in [2.45, 2.75) is 10.6 Å². The fourth-order valence-corrected chi connectivity index (χ4v) is 5.17. The van der Waals surface area contributed by atoms with Crippen LogP contribution in [0.15, 0.2) is 16.3 Å². The Morgan fingerprint density at radius 2 is 2.11 bits per heavy atom. The summed E-state index contributed by atoms with van der Waals surface area (Å²) in [5.41, 5.74) is 0. The highest BCUT2D eigenvalue weighted by atomic mass is 35.5. The van der Waals surface area contributed by atoms with Gasteiger partial charge in [0.2, 0.25) is 0 Å². The van der Waals surface area contributed by atoms with E-state index < -0.39 is 10.0 Å². The second-order valence-corrected chi connectivity index (χ2v) is 8.25. The van der Waals surface area contributed by atoms with Crippen LogP contribution in [0.5, 0.6) is 0 Å². The standard InChI is InChI=1S/C11H14ClN3O2S2/c12-10-2-3-11(18-10)19(16,17)15-8-6-14(7-9-15)5-1-4-13/h2-3H,1,5-9H2/p+1. The third-order valence-corrected chi connectivity index (χ3v) is 6.76. The lowest BCUT2D eigenvalue weighted by Crippen LogP contribution is -3.14. The Kier molecular flexibility index (Phi) is 4.81.